The minimum atomic E-state index is 0.133. The summed E-state index contributed by atoms with van der Waals surface area (Å²) in [7, 11) is 0. The molecule has 142 valence electrons. The molecule has 2 nitrogen and oxygen atoms in total. The average Bonchev–Trinajstić information content (AvgIpc) is 3.17. The number of rotatable bonds is 2. The largest absolute Gasteiger partial charge is 0.296 e. The molecular formula is C26H28N2. The summed E-state index contributed by atoms with van der Waals surface area (Å²) in [6.45, 7) is 7.05. The van der Waals surface area contributed by atoms with E-state index in [-0.39, 0.29) is 5.41 Å². The highest BCUT2D eigenvalue weighted by Gasteiger charge is 2.38. The molecule has 2 heterocycles. The molecule has 0 atom stereocenters. The fraction of sp³-hybridized carbons (Fsp3) is 0.423. The van der Waals surface area contributed by atoms with Gasteiger partial charge in [-0.3, -0.25) is 4.40 Å². The van der Waals surface area contributed by atoms with Crippen molar-refractivity contribution in [2.75, 3.05) is 0 Å². The predicted molar refractivity (Wildman–Crippen MR) is 117 cm³/mol. The van der Waals surface area contributed by atoms with E-state index < -0.39 is 0 Å². The summed E-state index contributed by atoms with van der Waals surface area (Å²) >= 11 is 0. The molecule has 2 aromatic heterocycles. The summed E-state index contributed by atoms with van der Waals surface area (Å²) in [6, 6.07) is 15.8. The molecule has 2 heteroatoms. The number of para-hydroxylation sites is 1. The molecule has 3 aliphatic carbocycles. The van der Waals surface area contributed by atoms with Crippen LogP contribution in [0.5, 0.6) is 0 Å². The number of pyridine rings is 1. The van der Waals surface area contributed by atoms with E-state index in [2.05, 4.69) is 67.6 Å². The Balaban J connectivity index is 1.88. The number of hydrogen-bond acceptors (Lipinski definition) is 1. The van der Waals surface area contributed by atoms with Gasteiger partial charge in [0.05, 0.1) is 11.2 Å². The molecule has 0 N–H and O–H groups in total. The monoisotopic (exact) mass is 368 g/mol. The first-order chi connectivity index (χ1) is 13.6. The number of hydrogen-bond donors (Lipinski definition) is 0. The third kappa shape index (κ3) is 2.01. The molecule has 4 aromatic rings. The molecule has 1 saturated carbocycles. The molecule has 28 heavy (non-hydrogen) atoms. The fourth-order valence-electron chi connectivity index (χ4n) is 5.86. The van der Waals surface area contributed by atoms with Crippen molar-refractivity contribution in [3.63, 3.8) is 0 Å². The van der Waals surface area contributed by atoms with Crippen LogP contribution >= 0.6 is 0 Å². The lowest BCUT2D eigenvalue weighted by Crippen LogP contribution is -2.22. The summed E-state index contributed by atoms with van der Waals surface area (Å²) in [5.74, 6) is 1.35. The first-order valence-electron chi connectivity index (χ1n) is 11.0. The van der Waals surface area contributed by atoms with Crippen LogP contribution in [0, 0.1) is 0 Å². The van der Waals surface area contributed by atoms with Crippen LogP contribution in [0.25, 0.3) is 27.3 Å². The normalized spacial score (nSPS) is 21.7. The molecular weight excluding hydrogens is 340 g/mol. The van der Waals surface area contributed by atoms with E-state index in [4.69, 9.17) is 4.98 Å². The number of nitrogens with zero attached hydrogens (tertiary/aromatic N) is 2. The first-order valence-corrected chi connectivity index (χ1v) is 11.0. The van der Waals surface area contributed by atoms with Crippen LogP contribution < -0.4 is 0 Å². The van der Waals surface area contributed by atoms with Crippen molar-refractivity contribution in [2.24, 2.45) is 0 Å². The van der Waals surface area contributed by atoms with E-state index in [0.29, 0.717) is 11.8 Å². The molecule has 0 spiro atoms. The summed E-state index contributed by atoms with van der Waals surface area (Å²) in [5, 5.41) is 4.10. The zero-order chi connectivity index (χ0) is 19.0. The van der Waals surface area contributed by atoms with Crippen LogP contribution in [0.4, 0.5) is 0 Å². The van der Waals surface area contributed by atoms with Crippen LogP contribution in [0.1, 0.15) is 81.7 Å². The Hall–Kier alpha value is -2.35. The minimum Gasteiger partial charge on any atom is -0.296 e. The third-order valence-corrected chi connectivity index (χ3v) is 7.78. The number of fused-ring (bicyclic) bond motifs is 8. The smallest absolute Gasteiger partial charge is 0.146 e. The van der Waals surface area contributed by atoms with Gasteiger partial charge in [-0.05, 0) is 54.5 Å². The zero-order valence-corrected chi connectivity index (χ0v) is 17.1. The molecule has 0 saturated heterocycles. The Morgan fingerprint density at radius 1 is 0.929 bits per heavy atom. The number of benzene rings is 2. The first kappa shape index (κ1) is 16.6. The van der Waals surface area contributed by atoms with Gasteiger partial charge < -0.3 is 0 Å². The Labute approximate surface area is 166 Å². The van der Waals surface area contributed by atoms with Gasteiger partial charge in [0.25, 0.3) is 0 Å². The molecule has 3 aliphatic rings. The highest BCUT2D eigenvalue weighted by Crippen LogP contribution is 2.51. The van der Waals surface area contributed by atoms with Gasteiger partial charge in [0.2, 0.25) is 0 Å². The van der Waals surface area contributed by atoms with Crippen LogP contribution in [-0.2, 0) is 5.41 Å². The fourth-order valence-corrected chi connectivity index (χ4v) is 5.86. The Morgan fingerprint density at radius 3 is 2.43 bits per heavy atom. The van der Waals surface area contributed by atoms with E-state index in [0.717, 1.165) is 6.42 Å². The van der Waals surface area contributed by atoms with Crippen molar-refractivity contribution >= 4 is 27.3 Å². The van der Waals surface area contributed by atoms with Crippen molar-refractivity contribution < 1.29 is 0 Å². The van der Waals surface area contributed by atoms with Gasteiger partial charge in [-0.15, -0.1) is 0 Å². The second kappa shape index (κ2) is 5.59. The van der Waals surface area contributed by atoms with E-state index in [1.54, 1.807) is 0 Å². The van der Waals surface area contributed by atoms with Crippen molar-refractivity contribution in [3.8, 4) is 0 Å². The van der Waals surface area contributed by atoms with Crippen LogP contribution in [0.2, 0.25) is 0 Å². The van der Waals surface area contributed by atoms with Gasteiger partial charge in [-0.2, -0.15) is 0 Å². The van der Waals surface area contributed by atoms with E-state index >= 15 is 0 Å². The standard InChI is InChI=1S/C26H28N2/c1-4-26(2,3)20-10-7-9-19-18-8-5-6-11-21(18)28-24-17-14-12-16(13-15-17)23(24)27-25(28)22(19)20/h5-11,16-17H,4,12-15H2,1-3H3. The maximum absolute atomic E-state index is 5.39. The average molecular weight is 369 g/mol. The summed E-state index contributed by atoms with van der Waals surface area (Å²) < 4.78 is 2.55. The van der Waals surface area contributed by atoms with Gasteiger partial charge in [0.15, 0.2) is 0 Å². The van der Waals surface area contributed by atoms with Gasteiger partial charge in [0, 0.05) is 28.3 Å². The SMILES string of the molecule is CCC(C)(C)c1cccc2c3ccccc3n3c4c(nc3c12)C1CCC4CC1. The molecule has 0 radical (unpaired) electrons. The lowest BCUT2D eigenvalue weighted by molar-refractivity contribution is 0.347. The number of aromatic nitrogens is 2. The maximum Gasteiger partial charge on any atom is 0.146 e. The summed E-state index contributed by atoms with van der Waals surface area (Å²) in [5.41, 5.74) is 7.04. The van der Waals surface area contributed by atoms with Gasteiger partial charge in [-0.1, -0.05) is 57.2 Å². The third-order valence-electron chi connectivity index (χ3n) is 7.78. The molecule has 0 aliphatic heterocycles. The highest BCUT2D eigenvalue weighted by molar-refractivity contribution is 6.13. The van der Waals surface area contributed by atoms with Gasteiger partial charge in [0.1, 0.15) is 5.65 Å². The van der Waals surface area contributed by atoms with Crippen molar-refractivity contribution in [1.29, 1.82) is 0 Å². The molecule has 7 rings (SSSR count). The maximum atomic E-state index is 5.39. The highest BCUT2D eigenvalue weighted by atomic mass is 15.0. The van der Waals surface area contributed by atoms with Crippen molar-refractivity contribution in [3.05, 3.63) is 59.4 Å². The molecule has 2 aromatic carbocycles. The van der Waals surface area contributed by atoms with Gasteiger partial charge in [-0.25, -0.2) is 4.98 Å². The van der Waals surface area contributed by atoms with E-state index in [9.17, 15) is 0 Å². The molecule has 0 amide bonds. The summed E-state index contributed by atoms with van der Waals surface area (Å²) in [4.78, 5) is 5.39. The predicted octanol–water partition coefficient (Wildman–Crippen LogP) is 7.08. The Bertz CT molecular complexity index is 1240. The Morgan fingerprint density at radius 2 is 1.64 bits per heavy atom. The van der Waals surface area contributed by atoms with Crippen LogP contribution in [0.15, 0.2) is 42.5 Å². The second-order valence-electron chi connectivity index (χ2n) is 9.57. The minimum absolute atomic E-state index is 0.133. The Kier molecular flexibility index (Phi) is 3.31. The van der Waals surface area contributed by atoms with Gasteiger partial charge >= 0.3 is 0 Å². The topological polar surface area (TPSA) is 17.3 Å². The zero-order valence-electron chi connectivity index (χ0n) is 17.1. The van der Waals surface area contributed by atoms with E-state index in [1.165, 1.54) is 70.0 Å². The quantitative estimate of drug-likeness (QED) is 0.345. The summed E-state index contributed by atoms with van der Waals surface area (Å²) in [6.07, 6.45) is 6.44. The number of imidazole rings is 1. The second-order valence-corrected chi connectivity index (χ2v) is 9.57. The lowest BCUT2D eigenvalue weighted by atomic mass is 9.71. The van der Waals surface area contributed by atoms with Crippen molar-refractivity contribution in [2.45, 2.75) is 70.1 Å². The van der Waals surface area contributed by atoms with Crippen LogP contribution in [0.3, 0.4) is 0 Å². The van der Waals surface area contributed by atoms with Crippen LogP contribution in [-0.4, -0.2) is 9.38 Å². The molecule has 1 fully saturated rings. The van der Waals surface area contributed by atoms with Crippen molar-refractivity contribution in [1.82, 2.24) is 9.38 Å². The molecule has 0 unspecified atom stereocenters. The molecule has 2 bridgehead atoms. The lowest BCUT2D eigenvalue weighted by Gasteiger charge is -2.35. The van der Waals surface area contributed by atoms with E-state index in [1.807, 2.05) is 0 Å².